The average Bonchev–Trinajstić information content (AvgIpc) is 2.80. The summed E-state index contributed by atoms with van der Waals surface area (Å²) in [6.07, 6.45) is 0. The molecule has 2 aliphatic rings. The minimum atomic E-state index is -3.69. The van der Waals surface area contributed by atoms with E-state index in [-0.39, 0.29) is 4.90 Å². The van der Waals surface area contributed by atoms with E-state index in [1.54, 1.807) is 18.2 Å². The zero-order valence-electron chi connectivity index (χ0n) is 18.3. The van der Waals surface area contributed by atoms with Crippen molar-refractivity contribution >= 4 is 37.7 Å². The maximum atomic E-state index is 13.3. The first kappa shape index (κ1) is 23.2. The van der Waals surface area contributed by atoms with Crippen LogP contribution in [0.3, 0.4) is 0 Å². The van der Waals surface area contributed by atoms with Crippen LogP contribution >= 0.6 is 15.9 Å². The molecule has 2 saturated heterocycles. The van der Waals surface area contributed by atoms with Crippen molar-refractivity contribution in [3.63, 3.8) is 0 Å². The van der Waals surface area contributed by atoms with E-state index in [4.69, 9.17) is 14.5 Å². The maximum absolute atomic E-state index is 13.3. The van der Waals surface area contributed by atoms with Crippen molar-refractivity contribution in [3.05, 3.63) is 34.4 Å². The molecular formula is C21H28BrN5O4S. The van der Waals surface area contributed by atoms with Gasteiger partial charge in [0.05, 0.1) is 19.8 Å². The first-order valence-electron chi connectivity index (χ1n) is 10.7. The minimum Gasteiger partial charge on any atom is -0.492 e. The second kappa shape index (κ2) is 9.90. The lowest BCUT2D eigenvalue weighted by Gasteiger charge is -2.35. The molecule has 32 heavy (non-hydrogen) atoms. The van der Waals surface area contributed by atoms with Crippen LogP contribution in [0.1, 0.15) is 12.6 Å². The fourth-order valence-corrected chi connectivity index (χ4v) is 5.95. The number of halogens is 1. The quantitative estimate of drug-likeness (QED) is 0.567. The van der Waals surface area contributed by atoms with Crippen LogP contribution in [0.2, 0.25) is 0 Å². The van der Waals surface area contributed by atoms with Crippen molar-refractivity contribution in [2.45, 2.75) is 18.7 Å². The molecule has 2 aliphatic heterocycles. The van der Waals surface area contributed by atoms with E-state index in [2.05, 4.69) is 25.8 Å². The van der Waals surface area contributed by atoms with Gasteiger partial charge in [-0.2, -0.15) is 9.29 Å². The Bertz CT molecular complexity index is 1050. The smallest absolute Gasteiger partial charge is 0.246 e. The third-order valence-corrected chi connectivity index (χ3v) is 7.92. The summed E-state index contributed by atoms with van der Waals surface area (Å²) < 4.78 is 39.9. The van der Waals surface area contributed by atoms with Gasteiger partial charge in [-0.15, -0.1) is 0 Å². The van der Waals surface area contributed by atoms with Gasteiger partial charge in [-0.25, -0.2) is 13.4 Å². The van der Waals surface area contributed by atoms with Crippen molar-refractivity contribution in [2.75, 3.05) is 68.9 Å². The van der Waals surface area contributed by atoms with Gasteiger partial charge in [0.15, 0.2) is 0 Å². The largest absolute Gasteiger partial charge is 0.492 e. The molecule has 2 fully saturated rings. The molecule has 0 spiro atoms. The molecule has 0 radical (unpaired) electrons. The van der Waals surface area contributed by atoms with Crippen molar-refractivity contribution in [1.82, 2.24) is 14.3 Å². The van der Waals surface area contributed by atoms with Gasteiger partial charge in [-0.05, 0) is 32.0 Å². The van der Waals surface area contributed by atoms with Crippen LogP contribution in [-0.2, 0) is 14.8 Å². The van der Waals surface area contributed by atoms with Gasteiger partial charge >= 0.3 is 0 Å². The fraction of sp³-hybridized carbons (Fsp3) is 0.524. The molecule has 0 amide bonds. The van der Waals surface area contributed by atoms with Crippen molar-refractivity contribution in [3.8, 4) is 5.75 Å². The van der Waals surface area contributed by atoms with Gasteiger partial charge in [0, 0.05) is 55.5 Å². The Balaban J connectivity index is 1.50. The predicted octanol–water partition coefficient (Wildman–Crippen LogP) is 2.29. The van der Waals surface area contributed by atoms with E-state index in [0.29, 0.717) is 62.2 Å². The Labute approximate surface area is 197 Å². The number of aryl methyl sites for hydroxylation is 1. The molecule has 0 unspecified atom stereocenters. The highest BCUT2D eigenvalue weighted by Crippen LogP contribution is 2.31. The van der Waals surface area contributed by atoms with E-state index in [1.807, 2.05) is 24.8 Å². The number of hydrogen-bond donors (Lipinski definition) is 0. The molecule has 1 aromatic carbocycles. The van der Waals surface area contributed by atoms with Crippen molar-refractivity contribution in [2.24, 2.45) is 0 Å². The lowest BCUT2D eigenvalue weighted by molar-refractivity contribution is 0.122. The Morgan fingerprint density at radius 1 is 1.03 bits per heavy atom. The van der Waals surface area contributed by atoms with Gasteiger partial charge < -0.3 is 19.3 Å². The van der Waals surface area contributed by atoms with Crippen LogP contribution in [0.5, 0.6) is 5.75 Å². The Hall–Kier alpha value is -1.95. The van der Waals surface area contributed by atoms with Crippen LogP contribution in [0.25, 0.3) is 0 Å². The molecular weight excluding hydrogens is 498 g/mol. The second-order valence-electron chi connectivity index (χ2n) is 7.68. The molecule has 0 saturated carbocycles. The minimum absolute atomic E-state index is 0.184. The van der Waals surface area contributed by atoms with E-state index in [0.717, 1.165) is 24.6 Å². The summed E-state index contributed by atoms with van der Waals surface area (Å²) in [5, 5.41) is 0. The normalized spacial score (nSPS) is 18.1. The van der Waals surface area contributed by atoms with Gasteiger partial charge in [0.2, 0.25) is 16.0 Å². The Morgan fingerprint density at radius 2 is 1.75 bits per heavy atom. The number of sulfonamides is 1. The number of ether oxygens (including phenoxy) is 2. The number of morpholine rings is 1. The number of aromatic nitrogens is 2. The standard InChI is InChI=1S/C21H28BrN5O4S/c1-3-31-18-5-4-17(22)15-19(18)32(28,29)27-8-6-26(7-9-27)21-23-16(2)14-20(24-21)25-10-12-30-13-11-25/h4-5,14-15H,3,6-13H2,1-2H3. The topological polar surface area (TPSA) is 88.1 Å². The maximum Gasteiger partial charge on any atom is 0.246 e. The molecule has 1 aromatic heterocycles. The number of nitrogens with zero attached hydrogens (tertiary/aromatic N) is 5. The van der Waals surface area contributed by atoms with Crippen molar-refractivity contribution < 1.29 is 17.9 Å². The molecule has 0 N–H and O–H groups in total. The third-order valence-electron chi connectivity index (χ3n) is 5.51. The predicted molar refractivity (Wildman–Crippen MR) is 126 cm³/mol. The van der Waals surface area contributed by atoms with Gasteiger partial charge in [-0.3, -0.25) is 0 Å². The number of piperazine rings is 1. The van der Waals surface area contributed by atoms with Crippen LogP contribution in [0, 0.1) is 6.92 Å². The number of anilines is 2. The summed E-state index contributed by atoms with van der Waals surface area (Å²) >= 11 is 3.38. The zero-order valence-corrected chi connectivity index (χ0v) is 20.7. The molecule has 0 aliphatic carbocycles. The summed E-state index contributed by atoms with van der Waals surface area (Å²) in [5.41, 5.74) is 0.891. The highest BCUT2D eigenvalue weighted by molar-refractivity contribution is 9.10. The van der Waals surface area contributed by atoms with E-state index >= 15 is 0 Å². The molecule has 4 rings (SSSR count). The summed E-state index contributed by atoms with van der Waals surface area (Å²) in [6, 6.07) is 7.05. The fourth-order valence-electron chi connectivity index (χ4n) is 3.86. The Kier molecular flexibility index (Phi) is 7.18. The lowest BCUT2D eigenvalue weighted by atomic mass is 10.3. The van der Waals surface area contributed by atoms with Gasteiger partial charge in [0.1, 0.15) is 16.5 Å². The molecule has 0 atom stereocenters. The van der Waals surface area contributed by atoms with E-state index in [9.17, 15) is 8.42 Å². The van der Waals surface area contributed by atoms with Gasteiger partial charge in [0.25, 0.3) is 0 Å². The third kappa shape index (κ3) is 5.00. The molecule has 174 valence electrons. The molecule has 3 heterocycles. The summed E-state index contributed by atoms with van der Waals surface area (Å²) in [4.78, 5) is 13.8. The molecule has 0 bridgehead atoms. The molecule has 9 nitrogen and oxygen atoms in total. The van der Waals surface area contributed by atoms with E-state index < -0.39 is 10.0 Å². The van der Waals surface area contributed by atoms with Crippen LogP contribution < -0.4 is 14.5 Å². The highest BCUT2D eigenvalue weighted by atomic mass is 79.9. The van der Waals surface area contributed by atoms with E-state index in [1.165, 1.54) is 4.31 Å². The van der Waals surface area contributed by atoms with Crippen LogP contribution in [0.15, 0.2) is 33.6 Å². The molecule has 11 heteroatoms. The summed E-state index contributed by atoms with van der Waals surface area (Å²) in [7, 11) is -3.69. The SMILES string of the molecule is CCOc1ccc(Br)cc1S(=O)(=O)N1CCN(c2nc(C)cc(N3CCOCC3)n2)CC1. The number of hydrogen-bond acceptors (Lipinski definition) is 8. The monoisotopic (exact) mass is 525 g/mol. The Morgan fingerprint density at radius 3 is 2.44 bits per heavy atom. The second-order valence-corrected chi connectivity index (χ2v) is 10.5. The first-order chi connectivity index (χ1) is 15.4. The number of benzene rings is 1. The molecule has 2 aromatic rings. The number of rotatable bonds is 6. The average molecular weight is 526 g/mol. The van der Waals surface area contributed by atoms with Crippen LogP contribution in [0.4, 0.5) is 11.8 Å². The lowest BCUT2D eigenvalue weighted by Crippen LogP contribution is -2.49. The van der Waals surface area contributed by atoms with Crippen molar-refractivity contribution in [1.29, 1.82) is 0 Å². The summed E-state index contributed by atoms with van der Waals surface area (Å²) in [5.74, 6) is 1.90. The zero-order chi connectivity index (χ0) is 22.7. The van der Waals surface area contributed by atoms with Crippen LogP contribution in [-0.4, -0.2) is 81.8 Å². The van der Waals surface area contributed by atoms with Gasteiger partial charge in [-0.1, -0.05) is 15.9 Å². The highest BCUT2D eigenvalue weighted by Gasteiger charge is 2.32. The first-order valence-corrected chi connectivity index (χ1v) is 13.0. The summed E-state index contributed by atoms with van der Waals surface area (Å²) in [6.45, 7) is 8.91.